The van der Waals surface area contributed by atoms with Gasteiger partial charge in [0.1, 0.15) is 12.4 Å². The quantitative estimate of drug-likeness (QED) is 0.917. The number of hydrogen-bond acceptors (Lipinski definition) is 4. The number of fused-ring (bicyclic) bond motifs is 1. The number of nitrogens with one attached hydrogen (secondary N) is 1. The number of rotatable bonds is 4. The highest BCUT2D eigenvalue weighted by molar-refractivity contribution is 7.91. The van der Waals surface area contributed by atoms with Gasteiger partial charge < -0.3 is 10.1 Å². The number of benzene rings is 2. The monoisotopic (exact) mass is 353 g/mol. The van der Waals surface area contributed by atoms with Gasteiger partial charge in [-0.3, -0.25) is 4.79 Å². The summed E-state index contributed by atoms with van der Waals surface area (Å²) in [6.45, 7) is 0.295. The zero-order chi connectivity index (χ0) is 17.3. The number of alkyl halides is 2. The molecule has 126 valence electrons. The molecule has 1 amide bonds. The van der Waals surface area contributed by atoms with Crippen molar-refractivity contribution < 1.29 is 26.7 Å². The van der Waals surface area contributed by atoms with Crippen molar-refractivity contribution in [3.8, 4) is 5.75 Å². The van der Waals surface area contributed by atoms with Crippen molar-refractivity contribution in [2.75, 3.05) is 6.61 Å². The van der Waals surface area contributed by atoms with E-state index in [0.717, 1.165) is 17.7 Å². The second-order valence-corrected chi connectivity index (χ2v) is 7.12. The first kappa shape index (κ1) is 16.4. The highest BCUT2D eigenvalue weighted by atomic mass is 32.2. The third-order valence-corrected chi connectivity index (χ3v) is 5.08. The van der Waals surface area contributed by atoms with E-state index in [9.17, 15) is 22.0 Å². The lowest BCUT2D eigenvalue weighted by Gasteiger charge is -2.12. The van der Waals surface area contributed by atoms with Crippen molar-refractivity contribution >= 4 is 15.7 Å². The molecule has 0 saturated heterocycles. The highest BCUT2D eigenvalue weighted by Crippen LogP contribution is 2.31. The van der Waals surface area contributed by atoms with E-state index in [2.05, 4.69) is 5.32 Å². The fourth-order valence-corrected chi connectivity index (χ4v) is 3.14. The van der Waals surface area contributed by atoms with Crippen LogP contribution >= 0.6 is 0 Å². The number of hydrogen-bond donors (Lipinski definition) is 1. The minimum absolute atomic E-state index is 0.174. The van der Waals surface area contributed by atoms with E-state index in [1.54, 1.807) is 6.07 Å². The largest absolute Gasteiger partial charge is 0.491 e. The Morgan fingerprint density at radius 1 is 1.12 bits per heavy atom. The van der Waals surface area contributed by atoms with Crippen LogP contribution < -0.4 is 10.1 Å². The molecule has 0 radical (unpaired) electrons. The average molecular weight is 353 g/mol. The Kier molecular flexibility index (Phi) is 4.23. The summed E-state index contributed by atoms with van der Waals surface area (Å²) in [5.41, 5.74) is 1.02. The van der Waals surface area contributed by atoms with Gasteiger partial charge in [0, 0.05) is 11.1 Å². The Bertz CT molecular complexity index is 866. The predicted molar refractivity (Wildman–Crippen MR) is 81.8 cm³/mol. The molecule has 0 aliphatic carbocycles. The van der Waals surface area contributed by atoms with Crippen LogP contribution in [-0.4, -0.2) is 26.7 Å². The van der Waals surface area contributed by atoms with Crippen LogP contribution in [0.4, 0.5) is 8.78 Å². The molecule has 1 aliphatic rings. The molecule has 0 bridgehead atoms. The van der Waals surface area contributed by atoms with Gasteiger partial charge in [-0.1, -0.05) is 18.2 Å². The fourth-order valence-electron chi connectivity index (χ4n) is 2.42. The van der Waals surface area contributed by atoms with Gasteiger partial charge in [0.05, 0.1) is 10.9 Å². The SMILES string of the molecule is O=C(N[C@@H]1COc2ccccc21)c1ccc(S(=O)(=O)C(F)F)cc1. The highest BCUT2D eigenvalue weighted by Gasteiger charge is 2.28. The maximum Gasteiger partial charge on any atom is 0.341 e. The molecule has 8 heteroatoms. The number of carbonyl (C=O) groups excluding carboxylic acids is 1. The van der Waals surface area contributed by atoms with E-state index in [4.69, 9.17) is 4.74 Å². The Morgan fingerprint density at radius 3 is 2.46 bits per heavy atom. The first-order valence-electron chi connectivity index (χ1n) is 7.04. The lowest BCUT2D eigenvalue weighted by molar-refractivity contribution is 0.0930. The number of para-hydroxylation sites is 1. The van der Waals surface area contributed by atoms with E-state index < -0.39 is 26.4 Å². The smallest absolute Gasteiger partial charge is 0.341 e. The molecule has 3 rings (SSSR count). The molecular weight excluding hydrogens is 340 g/mol. The van der Waals surface area contributed by atoms with Crippen LogP contribution in [0.3, 0.4) is 0 Å². The summed E-state index contributed by atoms with van der Waals surface area (Å²) in [6.07, 6.45) is 0. The second-order valence-electron chi connectivity index (χ2n) is 5.20. The zero-order valence-corrected chi connectivity index (χ0v) is 13.1. The van der Waals surface area contributed by atoms with E-state index in [-0.39, 0.29) is 11.6 Å². The van der Waals surface area contributed by atoms with Gasteiger partial charge in [-0.25, -0.2) is 8.42 Å². The Balaban J connectivity index is 1.75. The summed E-state index contributed by atoms with van der Waals surface area (Å²) in [5, 5.41) is 2.77. The summed E-state index contributed by atoms with van der Waals surface area (Å²) >= 11 is 0. The second kappa shape index (κ2) is 6.20. The Morgan fingerprint density at radius 2 is 1.79 bits per heavy atom. The minimum Gasteiger partial charge on any atom is -0.491 e. The first-order chi connectivity index (χ1) is 11.4. The summed E-state index contributed by atoms with van der Waals surface area (Å²) in [6, 6.07) is 11.4. The molecule has 24 heavy (non-hydrogen) atoms. The molecule has 0 aromatic heterocycles. The molecule has 5 nitrogen and oxygen atoms in total. The molecule has 1 atom stereocenters. The zero-order valence-electron chi connectivity index (χ0n) is 12.3. The van der Waals surface area contributed by atoms with Crippen molar-refractivity contribution in [3.05, 3.63) is 59.7 Å². The molecule has 2 aromatic rings. The third-order valence-electron chi connectivity index (χ3n) is 3.68. The molecule has 1 aliphatic heterocycles. The summed E-state index contributed by atoms with van der Waals surface area (Å²) in [5.74, 6) is -3.24. The van der Waals surface area contributed by atoms with E-state index in [0.29, 0.717) is 12.4 Å². The maximum absolute atomic E-state index is 12.5. The van der Waals surface area contributed by atoms with Crippen LogP contribution in [0.1, 0.15) is 22.0 Å². The molecule has 1 heterocycles. The van der Waals surface area contributed by atoms with Crippen LogP contribution in [0.15, 0.2) is 53.4 Å². The molecule has 0 spiro atoms. The normalized spacial score (nSPS) is 16.5. The molecule has 0 unspecified atom stereocenters. The van der Waals surface area contributed by atoms with Crippen molar-refractivity contribution in [3.63, 3.8) is 0 Å². The van der Waals surface area contributed by atoms with Crippen molar-refractivity contribution in [2.24, 2.45) is 0 Å². The Labute approximate surface area is 137 Å². The minimum atomic E-state index is -4.67. The molecule has 0 fully saturated rings. The van der Waals surface area contributed by atoms with Gasteiger partial charge in [-0.05, 0) is 30.3 Å². The lowest BCUT2D eigenvalue weighted by atomic mass is 10.1. The topological polar surface area (TPSA) is 72.5 Å². The third kappa shape index (κ3) is 2.96. The Hall–Kier alpha value is -2.48. The maximum atomic E-state index is 12.5. The molecule has 0 saturated carbocycles. The molecular formula is C16H13F2NO4S. The van der Waals surface area contributed by atoms with Gasteiger partial charge in [0.15, 0.2) is 0 Å². The molecule has 1 N–H and O–H groups in total. The summed E-state index contributed by atoms with van der Waals surface area (Å²) < 4.78 is 53.2. The van der Waals surface area contributed by atoms with Gasteiger partial charge in [0.2, 0.25) is 9.84 Å². The lowest BCUT2D eigenvalue weighted by Crippen LogP contribution is -2.29. The average Bonchev–Trinajstić information content (AvgIpc) is 2.98. The molecule has 2 aromatic carbocycles. The van der Waals surface area contributed by atoms with E-state index >= 15 is 0 Å². The van der Waals surface area contributed by atoms with Crippen LogP contribution in [0.25, 0.3) is 0 Å². The van der Waals surface area contributed by atoms with E-state index in [1.165, 1.54) is 12.1 Å². The summed E-state index contributed by atoms with van der Waals surface area (Å²) in [4.78, 5) is 11.7. The van der Waals surface area contributed by atoms with Gasteiger partial charge in [0.25, 0.3) is 5.91 Å². The van der Waals surface area contributed by atoms with Crippen LogP contribution in [0.2, 0.25) is 0 Å². The van der Waals surface area contributed by atoms with Crippen LogP contribution in [0, 0.1) is 0 Å². The van der Waals surface area contributed by atoms with Crippen LogP contribution in [0.5, 0.6) is 5.75 Å². The van der Waals surface area contributed by atoms with E-state index in [1.807, 2.05) is 18.2 Å². The number of amides is 1. The van der Waals surface area contributed by atoms with Gasteiger partial charge in [-0.15, -0.1) is 0 Å². The number of sulfone groups is 1. The van der Waals surface area contributed by atoms with Gasteiger partial charge in [-0.2, -0.15) is 8.78 Å². The summed E-state index contributed by atoms with van der Waals surface area (Å²) in [7, 11) is -4.67. The number of carbonyl (C=O) groups is 1. The first-order valence-corrected chi connectivity index (χ1v) is 8.59. The van der Waals surface area contributed by atoms with Crippen molar-refractivity contribution in [1.29, 1.82) is 0 Å². The predicted octanol–water partition coefficient (Wildman–Crippen LogP) is 2.55. The van der Waals surface area contributed by atoms with Gasteiger partial charge >= 0.3 is 5.76 Å². The fraction of sp³-hybridized carbons (Fsp3) is 0.188. The standard InChI is InChI=1S/C16H13F2NO4S/c17-16(18)24(21,22)11-7-5-10(6-8-11)15(20)19-13-9-23-14-4-2-1-3-12(13)14/h1-8,13,16H,9H2,(H,19,20)/t13-/m1/s1. The van der Waals surface area contributed by atoms with Crippen molar-refractivity contribution in [1.82, 2.24) is 5.32 Å². The van der Waals surface area contributed by atoms with Crippen molar-refractivity contribution in [2.45, 2.75) is 16.7 Å². The number of ether oxygens (including phenoxy) is 1. The van der Waals surface area contributed by atoms with Crippen LogP contribution in [-0.2, 0) is 9.84 Å². The number of halogens is 2.